The van der Waals surface area contributed by atoms with Crippen LogP contribution in [0.2, 0.25) is 5.02 Å². The van der Waals surface area contributed by atoms with Crippen LogP contribution in [0.3, 0.4) is 0 Å². The number of aromatic nitrogens is 2. The monoisotopic (exact) mass is 360 g/mol. The van der Waals surface area contributed by atoms with E-state index in [4.69, 9.17) is 16.6 Å². The molecule has 0 spiro atoms. The van der Waals surface area contributed by atoms with Gasteiger partial charge >= 0.3 is 0 Å². The largest absolute Gasteiger partial charge is 0.319 e. The number of imidazole rings is 1. The Morgan fingerprint density at radius 3 is 2.35 bits per heavy atom. The second-order valence-corrected chi connectivity index (χ2v) is 7.35. The molecule has 0 amide bonds. The van der Waals surface area contributed by atoms with E-state index in [0.29, 0.717) is 10.9 Å². The molecule has 130 valence electrons. The van der Waals surface area contributed by atoms with Crippen molar-refractivity contribution < 1.29 is 0 Å². The number of fused-ring (bicyclic) bond motifs is 1. The van der Waals surface area contributed by atoms with Crippen molar-refractivity contribution in [3.63, 3.8) is 0 Å². The first kappa shape index (κ1) is 16.9. The lowest BCUT2D eigenvalue weighted by atomic mass is 10.0. The third-order valence-electron chi connectivity index (χ3n) is 4.73. The van der Waals surface area contributed by atoms with Crippen LogP contribution < -0.4 is 0 Å². The van der Waals surface area contributed by atoms with Crippen molar-refractivity contribution in [1.82, 2.24) is 9.55 Å². The molecule has 0 N–H and O–H groups in total. The summed E-state index contributed by atoms with van der Waals surface area (Å²) in [5.74, 6) is 1.49. The lowest BCUT2D eigenvalue weighted by Gasteiger charge is -2.11. The van der Waals surface area contributed by atoms with E-state index in [-0.39, 0.29) is 0 Å². The van der Waals surface area contributed by atoms with Crippen molar-refractivity contribution in [2.75, 3.05) is 0 Å². The minimum absolute atomic E-state index is 0.519. The number of hydrogen-bond acceptors (Lipinski definition) is 1. The molecule has 0 aliphatic heterocycles. The Morgan fingerprint density at radius 1 is 0.923 bits per heavy atom. The normalized spacial score (nSPS) is 11.4. The topological polar surface area (TPSA) is 17.8 Å². The van der Waals surface area contributed by atoms with Crippen LogP contribution in [0.4, 0.5) is 0 Å². The van der Waals surface area contributed by atoms with Gasteiger partial charge in [0.25, 0.3) is 0 Å². The van der Waals surface area contributed by atoms with E-state index < -0.39 is 0 Å². The molecule has 1 heterocycles. The molecule has 0 unspecified atom stereocenters. The molecule has 0 fully saturated rings. The molecule has 0 radical (unpaired) electrons. The predicted octanol–water partition coefficient (Wildman–Crippen LogP) is 6.53. The summed E-state index contributed by atoms with van der Waals surface area (Å²) >= 11 is 6.19. The Kier molecular flexibility index (Phi) is 4.52. The van der Waals surface area contributed by atoms with Crippen LogP contribution in [0.1, 0.15) is 30.9 Å². The highest BCUT2D eigenvalue weighted by molar-refractivity contribution is 6.31. The minimum Gasteiger partial charge on any atom is -0.319 e. The molecule has 1 aromatic heterocycles. The van der Waals surface area contributed by atoms with Crippen LogP contribution in [-0.2, 0) is 6.54 Å². The van der Waals surface area contributed by atoms with Gasteiger partial charge in [-0.3, -0.25) is 0 Å². The number of benzene rings is 3. The van der Waals surface area contributed by atoms with E-state index in [9.17, 15) is 0 Å². The molecule has 0 saturated heterocycles. The summed E-state index contributed by atoms with van der Waals surface area (Å²) in [6, 6.07) is 25.1. The molecule has 26 heavy (non-hydrogen) atoms. The molecule has 2 nitrogen and oxygen atoms in total. The molecule has 0 atom stereocenters. The fourth-order valence-corrected chi connectivity index (χ4v) is 3.43. The Hall–Kier alpha value is -2.58. The molecular weight excluding hydrogens is 340 g/mol. The van der Waals surface area contributed by atoms with E-state index in [2.05, 4.69) is 73.0 Å². The third kappa shape index (κ3) is 3.25. The molecule has 0 aliphatic carbocycles. The van der Waals surface area contributed by atoms with E-state index in [1.165, 1.54) is 11.1 Å². The highest BCUT2D eigenvalue weighted by atomic mass is 35.5. The molecule has 3 aromatic carbocycles. The van der Waals surface area contributed by atoms with Crippen molar-refractivity contribution in [3.8, 4) is 11.4 Å². The van der Waals surface area contributed by atoms with Crippen molar-refractivity contribution >= 4 is 22.6 Å². The Bertz CT molecular complexity index is 1030. The first-order valence-electron chi connectivity index (χ1n) is 8.92. The summed E-state index contributed by atoms with van der Waals surface area (Å²) in [6.45, 7) is 5.20. The smallest absolute Gasteiger partial charge is 0.141 e. The highest BCUT2D eigenvalue weighted by Crippen LogP contribution is 2.28. The van der Waals surface area contributed by atoms with Gasteiger partial charge in [0.05, 0.1) is 11.0 Å². The quantitative estimate of drug-likeness (QED) is 0.404. The molecule has 0 bridgehead atoms. The average molecular weight is 361 g/mol. The van der Waals surface area contributed by atoms with Gasteiger partial charge in [0, 0.05) is 17.1 Å². The van der Waals surface area contributed by atoms with Gasteiger partial charge in [-0.2, -0.15) is 0 Å². The van der Waals surface area contributed by atoms with Gasteiger partial charge in [-0.05, 0) is 35.2 Å². The molecule has 0 saturated carbocycles. The average Bonchev–Trinajstić information content (AvgIpc) is 3.00. The Labute approximate surface area is 159 Å². The maximum atomic E-state index is 6.19. The number of halogens is 1. The highest BCUT2D eigenvalue weighted by Gasteiger charge is 2.14. The zero-order valence-corrected chi connectivity index (χ0v) is 15.7. The molecular formula is C23H21ClN2. The lowest BCUT2D eigenvalue weighted by molar-refractivity contribution is 0.833. The molecule has 3 heteroatoms. The Morgan fingerprint density at radius 2 is 1.65 bits per heavy atom. The second-order valence-electron chi connectivity index (χ2n) is 6.92. The molecule has 0 aliphatic rings. The summed E-state index contributed by atoms with van der Waals surface area (Å²) in [4.78, 5) is 4.89. The van der Waals surface area contributed by atoms with E-state index in [1.54, 1.807) is 0 Å². The van der Waals surface area contributed by atoms with Crippen LogP contribution in [0.15, 0.2) is 72.8 Å². The summed E-state index contributed by atoms with van der Waals surface area (Å²) in [5, 5.41) is 0.712. The van der Waals surface area contributed by atoms with Gasteiger partial charge in [0.1, 0.15) is 5.82 Å². The van der Waals surface area contributed by atoms with Gasteiger partial charge in [-0.15, -0.1) is 0 Å². The standard InChI is InChI=1S/C23H21ClN2/c1-16(2)18-8-10-19(11-9-18)23-25-21-14-20(24)12-13-22(21)26(23)15-17-6-4-3-5-7-17/h3-14,16H,15H2,1-2H3. The summed E-state index contributed by atoms with van der Waals surface area (Å²) in [5.41, 5.74) is 5.74. The van der Waals surface area contributed by atoms with Crippen LogP contribution in [0.5, 0.6) is 0 Å². The summed E-state index contributed by atoms with van der Waals surface area (Å²) in [7, 11) is 0. The summed E-state index contributed by atoms with van der Waals surface area (Å²) < 4.78 is 2.27. The number of hydrogen-bond donors (Lipinski definition) is 0. The Balaban J connectivity index is 1.85. The second kappa shape index (κ2) is 6.97. The maximum Gasteiger partial charge on any atom is 0.141 e. The fraction of sp³-hybridized carbons (Fsp3) is 0.174. The summed E-state index contributed by atoms with van der Waals surface area (Å²) in [6.07, 6.45) is 0. The van der Waals surface area contributed by atoms with E-state index >= 15 is 0 Å². The van der Waals surface area contributed by atoms with Gasteiger partial charge < -0.3 is 4.57 Å². The first-order chi connectivity index (χ1) is 12.6. The van der Waals surface area contributed by atoms with Gasteiger partial charge in [0.15, 0.2) is 0 Å². The maximum absolute atomic E-state index is 6.19. The van der Waals surface area contributed by atoms with Crippen LogP contribution in [0, 0.1) is 0 Å². The molecule has 4 aromatic rings. The van der Waals surface area contributed by atoms with Gasteiger partial charge in [0.2, 0.25) is 0 Å². The van der Waals surface area contributed by atoms with Crippen molar-refractivity contribution in [3.05, 3.63) is 88.9 Å². The third-order valence-corrected chi connectivity index (χ3v) is 4.96. The zero-order valence-electron chi connectivity index (χ0n) is 15.0. The van der Waals surface area contributed by atoms with Crippen molar-refractivity contribution in [2.24, 2.45) is 0 Å². The van der Waals surface area contributed by atoms with Crippen molar-refractivity contribution in [2.45, 2.75) is 26.3 Å². The zero-order chi connectivity index (χ0) is 18.1. The number of rotatable bonds is 4. The van der Waals surface area contributed by atoms with Crippen molar-refractivity contribution in [1.29, 1.82) is 0 Å². The minimum atomic E-state index is 0.519. The SMILES string of the molecule is CC(C)c1ccc(-c2nc3cc(Cl)ccc3n2Cc2ccccc2)cc1. The number of nitrogens with zero attached hydrogens (tertiary/aromatic N) is 2. The van der Waals surface area contributed by atoms with Crippen LogP contribution in [0.25, 0.3) is 22.4 Å². The van der Waals surface area contributed by atoms with Gasteiger partial charge in [-0.1, -0.05) is 80.0 Å². The van der Waals surface area contributed by atoms with Gasteiger partial charge in [-0.25, -0.2) is 4.98 Å². The van der Waals surface area contributed by atoms with E-state index in [1.807, 2.05) is 18.2 Å². The predicted molar refractivity (Wildman–Crippen MR) is 110 cm³/mol. The first-order valence-corrected chi connectivity index (χ1v) is 9.29. The fourth-order valence-electron chi connectivity index (χ4n) is 3.27. The van der Waals surface area contributed by atoms with Crippen LogP contribution in [-0.4, -0.2) is 9.55 Å². The lowest BCUT2D eigenvalue weighted by Crippen LogP contribution is -2.02. The van der Waals surface area contributed by atoms with Crippen LogP contribution >= 0.6 is 11.6 Å². The molecule has 4 rings (SSSR count). The van der Waals surface area contributed by atoms with E-state index in [0.717, 1.165) is 29.0 Å².